The van der Waals surface area contributed by atoms with Crippen molar-refractivity contribution in [2.75, 3.05) is 0 Å². The summed E-state index contributed by atoms with van der Waals surface area (Å²) in [7, 11) is 0. The van der Waals surface area contributed by atoms with Gasteiger partial charge in [0.25, 0.3) is 0 Å². The number of benzene rings is 3. The van der Waals surface area contributed by atoms with E-state index in [1.807, 2.05) is 71.6 Å². The minimum absolute atomic E-state index is 0.146. The van der Waals surface area contributed by atoms with Gasteiger partial charge in [0.15, 0.2) is 5.58 Å². The minimum atomic E-state index is -0.787. The van der Waals surface area contributed by atoms with Crippen molar-refractivity contribution < 1.29 is 19.1 Å². The minimum Gasteiger partial charge on any atom is -0.489 e. The third-order valence-corrected chi connectivity index (χ3v) is 6.42. The fourth-order valence-electron chi connectivity index (χ4n) is 4.48. The molecule has 1 aliphatic rings. The maximum Gasteiger partial charge on any atom is 0.321 e. The second-order valence-corrected chi connectivity index (χ2v) is 10.2. The van der Waals surface area contributed by atoms with Crippen LogP contribution in [-0.2, 0) is 36.3 Å². The van der Waals surface area contributed by atoms with Gasteiger partial charge in [-0.2, -0.15) is 0 Å². The van der Waals surface area contributed by atoms with Crippen molar-refractivity contribution in [2.24, 2.45) is 0 Å². The third-order valence-electron chi connectivity index (χ3n) is 6.42. The lowest BCUT2D eigenvalue weighted by Gasteiger charge is -2.34. The van der Waals surface area contributed by atoms with E-state index in [-0.39, 0.29) is 5.41 Å². The van der Waals surface area contributed by atoms with E-state index in [9.17, 15) is 9.90 Å². The number of ether oxygens (including phenoxy) is 1. The molecular formula is C29H30N2O4. The number of aliphatic carboxylic acids is 1. The number of hydrogen-bond donors (Lipinski definition) is 1. The lowest BCUT2D eigenvalue weighted by molar-refractivity contribution is -0.144. The Kier molecular flexibility index (Phi) is 6.07. The number of hydrogen-bond acceptors (Lipinski definition) is 5. The van der Waals surface area contributed by atoms with E-state index < -0.39 is 12.0 Å². The van der Waals surface area contributed by atoms with Gasteiger partial charge in [-0.3, -0.25) is 9.69 Å². The molecule has 0 bridgehead atoms. The zero-order valence-electron chi connectivity index (χ0n) is 20.3. The Morgan fingerprint density at radius 1 is 1.06 bits per heavy atom. The van der Waals surface area contributed by atoms with Crippen molar-refractivity contribution in [1.82, 2.24) is 9.88 Å². The molecular weight excluding hydrogens is 440 g/mol. The first-order chi connectivity index (χ1) is 16.8. The van der Waals surface area contributed by atoms with Gasteiger partial charge in [0.1, 0.15) is 23.9 Å². The smallest absolute Gasteiger partial charge is 0.321 e. The molecule has 5 rings (SSSR count). The standard InChI is InChI=1S/C29H30N2O4/c1-29(2,3)28-30-24-13-20(9-12-26(24)35-28)18-34-23-11-10-21-15-25(27(32)33)31(17-22(21)14-23)16-19-7-5-4-6-8-19/h4-14,25H,15-18H2,1-3H3,(H,32,33)/t25-/m0/s1. The summed E-state index contributed by atoms with van der Waals surface area (Å²) in [5.74, 6) is 0.706. The van der Waals surface area contributed by atoms with E-state index in [0.717, 1.165) is 45.0 Å². The molecule has 1 N–H and O–H groups in total. The average molecular weight is 471 g/mol. The molecule has 0 saturated heterocycles. The number of carboxylic acids is 1. The monoisotopic (exact) mass is 470 g/mol. The first-order valence-corrected chi connectivity index (χ1v) is 11.9. The van der Waals surface area contributed by atoms with Crippen LogP contribution in [0.1, 0.15) is 48.9 Å². The van der Waals surface area contributed by atoms with Gasteiger partial charge in [-0.25, -0.2) is 4.98 Å². The van der Waals surface area contributed by atoms with Gasteiger partial charge in [0, 0.05) is 18.5 Å². The maximum absolute atomic E-state index is 12.0. The first-order valence-electron chi connectivity index (χ1n) is 11.9. The van der Waals surface area contributed by atoms with Crippen LogP contribution in [0.5, 0.6) is 5.75 Å². The van der Waals surface area contributed by atoms with E-state index in [0.29, 0.717) is 26.1 Å². The highest BCUT2D eigenvalue weighted by atomic mass is 16.5. The van der Waals surface area contributed by atoms with Crippen molar-refractivity contribution in [1.29, 1.82) is 0 Å². The largest absolute Gasteiger partial charge is 0.489 e. The number of rotatable bonds is 6. The zero-order chi connectivity index (χ0) is 24.6. The lowest BCUT2D eigenvalue weighted by Crippen LogP contribution is -2.45. The molecule has 3 aromatic carbocycles. The predicted molar refractivity (Wildman–Crippen MR) is 134 cm³/mol. The molecule has 0 saturated carbocycles. The topological polar surface area (TPSA) is 75.8 Å². The molecule has 1 aliphatic heterocycles. The van der Waals surface area contributed by atoms with Crippen LogP contribution in [0.15, 0.2) is 71.1 Å². The maximum atomic E-state index is 12.0. The second kappa shape index (κ2) is 9.19. The molecule has 0 fully saturated rings. The quantitative estimate of drug-likeness (QED) is 0.389. The predicted octanol–water partition coefficient (Wildman–Crippen LogP) is 5.72. The van der Waals surface area contributed by atoms with Crippen LogP contribution in [0.2, 0.25) is 0 Å². The summed E-state index contributed by atoms with van der Waals surface area (Å²) in [6, 6.07) is 21.4. The van der Waals surface area contributed by atoms with Gasteiger partial charge in [-0.15, -0.1) is 0 Å². The normalized spacial score (nSPS) is 16.3. The molecule has 35 heavy (non-hydrogen) atoms. The van der Waals surface area contributed by atoms with Crippen molar-refractivity contribution >= 4 is 17.1 Å². The summed E-state index contributed by atoms with van der Waals surface area (Å²) >= 11 is 0. The number of aromatic nitrogens is 1. The Morgan fingerprint density at radius 2 is 1.86 bits per heavy atom. The molecule has 180 valence electrons. The molecule has 6 heteroatoms. The molecule has 0 spiro atoms. The number of nitrogens with zero attached hydrogens (tertiary/aromatic N) is 2. The van der Waals surface area contributed by atoms with Gasteiger partial charge < -0.3 is 14.3 Å². The van der Waals surface area contributed by atoms with Crippen molar-refractivity contribution in [2.45, 2.75) is 58.3 Å². The Morgan fingerprint density at radius 3 is 2.60 bits per heavy atom. The number of fused-ring (bicyclic) bond motifs is 2. The van der Waals surface area contributed by atoms with Crippen molar-refractivity contribution in [3.63, 3.8) is 0 Å². The summed E-state index contributed by atoms with van der Waals surface area (Å²) in [5.41, 5.74) is 5.75. The summed E-state index contributed by atoms with van der Waals surface area (Å²) in [5, 5.41) is 9.82. The lowest BCUT2D eigenvalue weighted by atomic mass is 9.93. The highest BCUT2D eigenvalue weighted by Crippen LogP contribution is 2.30. The Labute approximate surface area is 205 Å². The number of carboxylic acid groups (broad SMARTS) is 1. The number of oxazole rings is 1. The molecule has 4 aromatic rings. The summed E-state index contributed by atoms with van der Waals surface area (Å²) in [6.07, 6.45) is 0.483. The van der Waals surface area contributed by atoms with Crippen molar-refractivity contribution in [3.8, 4) is 5.75 Å². The number of carbonyl (C=O) groups is 1. The van der Waals surface area contributed by atoms with Gasteiger partial charge in [0.2, 0.25) is 5.89 Å². The molecule has 0 radical (unpaired) electrons. The van der Waals surface area contributed by atoms with Crippen LogP contribution < -0.4 is 4.74 Å². The van der Waals surface area contributed by atoms with Crippen LogP contribution >= 0.6 is 0 Å². The van der Waals surface area contributed by atoms with Gasteiger partial charge in [0.05, 0.1) is 0 Å². The van der Waals surface area contributed by atoms with Crippen molar-refractivity contribution in [3.05, 3.63) is 94.9 Å². The zero-order valence-corrected chi connectivity index (χ0v) is 20.3. The molecule has 2 heterocycles. The van der Waals surface area contributed by atoms with Crippen LogP contribution in [0.4, 0.5) is 0 Å². The summed E-state index contributed by atoms with van der Waals surface area (Å²) < 4.78 is 12.0. The fraction of sp³-hybridized carbons (Fsp3) is 0.310. The SMILES string of the molecule is CC(C)(C)c1nc2cc(COc3ccc4c(c3)CN(Cc3ccccc3)[C@H](C(=O)O)C4)ccc2o1. The molecule has 0 amide bonds. The molecule has 1 atom stereocenters. The van der Waals surface area contributed by atoms with E-state index in [1.165, 1.54) is 0 Å². The van der Waals surface area contributed by atoms with E-state index in [1.54, 1.807) is 0 Å². The molecule has 6 nitrogen and oxygen atoms in total. The second-order valence-electron chi connectivity index (χ2n) is 10.2. The van der Waals surface area contributed by atoms with Crippen LogP contribution in [-0.4, -0.2) is 27.0 Å². The highest BCUT2D eigenvalue weighted by molar-refractivity contribution is 5.75. The van der Waals surface area contributed by atoms with Crippen LogP contribution in [0.25, 0.3) is 11.1 Å². The molecule has 0 unspecified atom stereocenters. The van der Waals surface area contributed by atoms with Gasteiger partial charge >= 0.3 is 5.97 Å². The Balaban J connectivity index is 1.31. The third kappa shape index (κ3) is 5.08. The van der Waals surface area contributed by atoms with Crippen LogP contribution in [0.3, 0.4) is 0 Å². The Hall–Kier alpha value is -3.64. The van der Waals surface area contributed by atoms with Gasteiger partial charge in [-0.05, 0) is 52.9 Å². The van der Waals surface area contributed by atoms with E-state index in [4.69, 9.17) is 9.15 Å². The molecule has 1 aromatic heterocycles. The summed E-state index contributed by atoms with van der Waals surface area (Å²) in [4.78, 5) is 18.6. The molecule has 0 aliphatic carbocycles. The van der Waals surface area contributed by atoms with E-state index >= 15 is 0 Å². The fourth-order valence-corrected chi connectivity index (χ4v) is 4.48. The van der Waals surface area contributed by atoms with E-state index in [2.05, 4.69) is 25.8 Å². The van der Waals surface area contributed by atoms with Gasteiger partial charge in [-0.1, -0.05) is 63.2 Å². The summed E-state index contributed by atoms with van der Waals surface area (Å²) in [6.45, 7) is 7.82. The Bertz CT molecular complexity index is 1350. The highest BCUT2D eigenvalue weighted by Gasteiger charge is 2.31. The first kappa shape index (κ1) is 23.1. The average Bonchev–Trinajstić information content (AvgIpc) is 3.27. The van der Waals surface area contributed by atoms with Crippen LogP contribution in [0, 0.1) is 0 Å².